The van der Waals surface area contributed by atoms with Crippen LogP contribution in [-0.4, -0.2) is 173 Å². The molecular weight excluding hydrogens is 1670 g/mol. The zero-order valence-electron chi connectivity index (χ0n) is 76.2. The number of nitrogens with one attached hydrogen (secondary N) is 2. The summed E-state index contributed by atoms with van der Waals surface area (Å²) in [4.78, 5) is 86.6. The van der Waals surface area contributed by atoms with Gasteiger partial charge < -0.3 is 48.4 Å². The number of esters is 1. The molecule has 1 fully saturated rings. The number of amidine groups is 2. The fourth-order valence-corrected chi connectivity index (χ4v) is 19.9. The Balaban J connectivity index is 0.000000287. The maximum absolute atomic E-state index is 14.9. The van der Waals surface area contributed by atoms with E-state index < -0.39 is 68.1 Å². The number of fused-ring (bicyclic) bond motifs is 2. The van der Waals surface area contributed by atoms with Gasteiger partial charge in [-0.25, -0.2) is 46.3 Å². The summed E-state index contributed by atoms with van der Waals surface area (Å²) in [6.45, 7) is 9.59. The Labute approximate surface area is 758 Å². The number of hydrogen-bond acceptors (Lipinski definition) is 20. The highest BCUT2D eigenvalue weighted by molar-refractivity contribution is 7.99. The smallest absolute Gasteiger partial charge is 0.358 e. The summed E-state index contributed by atoms with van der Waals surface area (Å²) in [5.41, 5.74) is 2.87. The number of aryl methyl sites for hydroxylation is 2. The number of nitrogens with zero attached hydrogens (tertiary/aromatic N) is 8. The highest BCUT2D eigenvalue weighted by atomic mass is 32.2. The highest BCUT2D eigenvalue weighted by Gasteiger charge is 2.54. The van der Waals surface area contributed by atoms with Gasteiger partial charge in [-0.1, -0.05) is 243 Å². The third-order valence-corrected chi connectivity index (χ3v) is 27.7. The average Bonchev–Trinajstić information content (AvgIpc) is 1.74. The first-order chi connectivity index (χ1) is 61.7. The minimum atomic E-state index is -4.25. The van der Waals surface area contributed by atoms with Crippen LogP contribution in [0, 0.1) is 13.8 Å². The predicted molar refractivity (Wildman–Crippen MR) is 503 cm³/mol. The minimum Gasteiger partial charge on any atom is -0.497 e. The second-order valence-electron chi connectivity index (χ2n) is 32.8. The van der Waals surface area contributed by atoms with E-state index >= 15 is 0 Å². The number of likely N-dealkylation sites (N-methyl/N-ethyl adjacent to an activating group) is 1. The molecule has 0 saturated carbocycles. The summed E-state index contributed by atoms with van der Waals surface area (Å²) in [5.74, 6) is 0.880. The standard InChI is InChI=1S/C49H69N5O8S2.C49H67N5O8S/c1-6-7-8-9-10-11-12-13-14-15-16-17-18-19-20-23-33-53-45(50-40-25-21-22-26-43(40)64(53,58)59)44(54-47(56)48(61-5)52(3)49(54)57)46(55)51-41-36-37(2)27-32-42(41)63-35-24-34-62-39-30-28-38(60-4)29-31-39;1-5-6-7-8-9-10-11-12-13-14-15-16-17-18-19-22-32-54-47(51-41-24-20-21-25-45(41)63(54,57)58)46(53-36-43(50-37-53)49(56)60-4)48(55)52-42-35-38(2)26-31-44(42)62-34-23-33-61-40-29-27-39(59-3)28-30-40/h21-22,25-32,36,44,48H,6-20,23-24,33-35H2,1-5H3,(H,51,55);20-21,24-31,35-37,46H,5-19,22-23,32-34H2,1-4H3,(H,52,55). The van der Waals surface area contributed by atoms with Crippen molar-refractivity contribution in [1.29, 1.82) is 0 Å². The number of aromatic nitrogens is 2. The van der Waals surface area contributed by atoms with E-state index in [1.54, 1.807) is 62.8 Å². The molecule has 6 aromatic carbocycles. The van der Waals surface area contributed by atoms with E-state index in [0.29, 0.717) is 74.1 Å². The zero-order valence-corrected chi connectivity index (χ0v) is 78.7. The van der Waals surface area contributed by atoms with Crippen LogP contribution < -0.4 is 34.3 Å². The second-order valence-corrected chi connectivity index (χ2v) is 37.6. The topological polar surface area (TPSA) is 298 Å². The van der Waals surface area contributed by atoms with Gasteiger partial charge in [0.2, 0.25) is 6.23 Å². The van der Waals surface area contributed by atoms with Gasteiger partial charge in [0, 0.05) is 50.5 Å². The van der Waals surface area contributed by atoms with Crippen LogP contribution in [0.5, 0.6) is 28.7 Å². The maximum Gasteiger partial charge on any atom is 0.358 e. The molecule has 0 aliphatic carbocycles. The van der Waals surface area contributed by atoms with Gasteiger partial charge >= 0.3 is 12.0 Å². The van der Waals surface area contributed by atoms with Crippen molar-refractivity contribution >= 4 is 96.0 Å². The highest BCUT2D eigenvalue weighted by Crippen LogP contribution is 2.40. The molecule has 0 radical (unpaired) electrons. The van der Waals surface area contributed by atoms with Crippen LogP contribution in [-0.2, 0) is 43.9 Å². The number of rotatable bonds is 58. The number of sulfonamides is 2. The lowest BCUT2D eigenvalue weighted by Crippen LogP contribution is -2.58. The molecular formula is C98H136N10O16S3. The third kappa shape index (κ3) is 30.3. The molecule has 127 heavy (non-hydrogen) atoms. The van der Waals surface area contributed by atoms with Gasteiger partial charge in [0.05, 0.1) is 70.2 Å². The van der Waals surface area contributed by atoms with Crippen molar-refractivity contribution in [2.45, 2.75) is 279 Å². The minimum absolute atomic E-state index is 0.00583. The summed E-state index contributed by atoms with van der Waals surface area (Å²) in [7, 11) is -1.22. The number of methoxy groups -OCH3 is 4. The molecule has 3 atom stereocenters. The van der Waals surface area contributed by atoms with Gasteiger partial charge in [-0.3, -0.25) is 27.9 Å². The quantitative estimate of drug-likeness (QED) is 0.0155. The fourth-order valence-electron chi connectivity index (χ4n) is 15.8. The van der Waals surface area contributed by atoms with Crippen LogP contribution in [0.4, 0.5) is 27.5 Å². The number of hydrogen-bond donors (Lipinski definition) is 2. The van der Waals surface area contributed by atoms with Gasteiger partial charge in [-0.2, -0.15) is 0 Å². The largest absolute Gasteiger partial charge is 0.497 e. The first-order valence-electron chi connectivity index (χ1n) is 45.9. The number of carbonyl (C=O) groups is 5. The Morgan fingerprint density at radius 3 is 1.31 bits per heavy atom. The van der Waals surface area contributed by atoms with Crippen LogP contribution >= 0.6 is 11.8 Å². The van der Waals surface area contributed by atoms with E-state index in [-0.39, 0.29) is 51.6 Å². The predicted octanol–water partition coefficient (Wildman–Crippen LogP) is 21.7. The molecule has 3 aliphatic heterocycles. The van der Waals surface area contributed by atoms with Gasteiger partial charge in [0.25, 0.3) is 37.8 Å². The van der Waals surface area contributed by atoms with E-state index in [1.807, 2.05) is 86.6 Å². The van der Waals surface area contributed by atoms with Gasteiger partial charge in [-0.05, 0) is 141 Å². The summed E-state index contributed by atoms with van der Waals surface area (Å²) in [5, 5.41) is 5.98. The molecule has 26 nitrogen and oxygen atoms in total. The zero-order chi connectivity index (χ0) is 90.8. The first-order valence-corrected chi connectivity index (χ1v) is 49.8. The number of imide groups is 1. The Morgan fingerprint density at radius 1 is 0.465 bits per heavy atom. The summed E-state index contributed by atoms with van der Waals surface area (Å²) in [6.07, 6.45) is 40.5. The van der Waals surface area contributed by atoms with Crippen LogP contribution in [0.3, 0.4) is 0 Å². The third-order valence-electron chi connectivity index (χ3n) is 22.9. The van der Waals surface area contributed by atoms with Crippen molar-refractivity contribution in [2.24, 2.45) is 9.98 Å². The van der Waals surface area contributed by atoms with Crippen molar-refractivity contribution in [3.63, 3.8) is 0 Å². The van der Waals surface area contributed by atoms with Crippen molar-refractivity contribution in [3.05, 3.63) is 163 Å². The van der Waals surface area contributed by atoms with Gasteiger partial charge in [-0.15, -0.1) is 11.8 Å². The van der Waals surface area contributed by atoms with Crippen LogP contribution in [0.25, 0.3) is 0 Å². The van der Waals surface area contributed by atoms with E-state index in [2.05, 4.69) is 29.5 Å². The number of urea groups is 1. The molecule has 29 heteroatoms. The summed E-state index contributed by atoms with van der Waals surface area (Å²) < 4.78 is 100. The molecule has 10 rings (SSSR count). The molecule has 1 aromatic heterocycles. The van der Waals surface area contributed by atoms with E-state index in [0.717, 1.165) is 98.7 Å². The first kappa shape index (κ1) is 101. The molecule has 0 spiro atoms. The van der Waals surface area contributed by atoms with Crippen LogP contribution in [0.15, 0.2) is 171 Å². The fraction of sp³-hybridized carbons (Fsp3) is 0.531. The van der Waals surface area contributed by atoms with Crippen molar-refractivity contribution in [3.8, 4) is 28.7 Å². The SMILES string of the molecule is CCCCCCCCCCCCCCCCCCN1C(C(C(=O)Nc2cc(C)ccc2OCCCOc2ccc(OC)cc2)n2cnc(C(=O)OC)c2)=Nc2ccccc2S1(=O)=O.CCCCCCCCCCCCCCCCCCN1C(C(C(=O)Nc2cc(C)ccc2SCCCOc2ccc(OC)cc2)N2C(=O)C(OC)N(C)C2=O)=Nc2ccccc2S1(=O)=O. The van der Waals surface area contributed by atoms with E-state index in [1.165, 1.54) is 208 Å². The number of imidazole rings is 1. The van der Waals surface area contributed by atoms with E-state index in [4.69, 9.17) is 43.1 Å². The lowest BCUT2D eigenvalue weighted by Gasteiger charge is -2.35. The molecule has 5 amide bonds. The molecule has 1 saturated heterocycles. The Hall–Kier alpha value is -9.97. The number of benzene rings is 6. The van der Waals surface area contributed by atoms with Gasteiger partial charge in [0.15, 0.2) is 29.4 Å². The number of thioether (sulfide) groups is 1. The number of aliphatic imine (C=N–C) groups is 2. The lowest BCUT2D eigenvalue weighted by atomic mass is 10.0. The second kappa shape index (κ2) is 53.7. The number of carbonyl (C=O) groups excluding carboxylic acids is 5. The Morgan fingerprint density at radius 2 is 0.866 bits per heavy atom. The van der Waals surface area contributed by atoms with Gasteiger partial charge in [0.1, 0.15) is 38.5 Å². The summed E-state index contributed by atoms with van der Waals surface area (Å²) in [6, 6.07) is 34.7. The molecule has 7 aromatic rings. The normalized spacial score (nSPS) is 14.8. The van der Waals surface area contributed by atoms with Crippen LogP contribution in [0.2, 0.25) is 0 Å². The monoisotopic (exact) mass is 1800 g/mol. The number of anilines is 2. The van der Waals surface area contributed by atoms with Crippen molar-refractivity contribution in [2.75, 3.05) is 84.8 Å². The molecule has 3 unspecified atom stereocenters. The lowest BCUT2D eigenvalue weighted by molar-refractivity contribution is -0.141. The van der Waals surface area contributed by atoms with E-state index in [9.17, 15) is 40.8 Å². The summed E-state index contributed by atoms with van der Waals surface area (Å²) >= 11 is 1.52. The maximum atomic E-state index is 14.9. The number of para-hydroxylation sites is 2. The molecule has 2 N–H and O–H groups in total. The number of unbranched alkanes of at least 4 members (excludes halogenated alkanes) is 30. The molecule has 0 bridgehead atoms. The molecule has 692 valence electrons. The number of ether oxygens (including phenoxy) is 7. The Kier molecular flexibility index (Phi) is 42.6. The average molecular weight is 1810 g/mol. The van der Waals surface area contributed by atoms with Crippen molar-refractivity contribution in [1.82, 2.24) is 28.0 Å². The molecule has 4 heterocycles. The van der Waals surface area contributed by atoms with Crippen LogP contribution in [0.1, 0.15) is 260 Å². The van der Waals surface area contributed by atoms with Crippen molar-refractivity contribution < 1.29 is 74.0 Å². The Bertz CT molecular complexity index is 4890. The molecule has 3 aliphatic rings. The number of amides is 5.